The van der Waals surface area contributed by atoms with Crippen molar-refractivity contribution in [1.29, 1.82) is 0 Å². The third-order valence-corrected chi connectivity index (χ3v) is 3.57. The van der Waals surface area contributed by atoms with Gasteiger partial charge in [-0.2, -0.15) is 0 Å². The molecule has 0 spiro atoms. The van der Waals surface area contributed by atoms with Gasteiger partial charge < -0.3 is 9.64 Å². The molecule has 94 valence electrons. The molecule has 1 aromatic rings. The molecule has 0 saturated carbocycles. The van der Waals surface area contributed by atoms with E-state index in [0.717, 1.165) is 26.3 Å². The van der Waals surface area contributed by atoms with Gasteiger partial charge in [0.05, 0.1) is 13.2 Å². The predicted octanol–water partition coefficient (Wildman–Crippen LogP) is 3.08. The largest absolute Gasteiger partial charge is 0.378 e. The minimum Gasteiger partial charge on any atom is -0.378 e. The Morgan fingerprint density at radius 2 is 1.83 bits per heavy atom. The highest BCUT2D eigenvalue weighted by molar-refractivity contribution is 5.59. The molecule has 2 nitrogen and oxygen atoms in total. The van der Waals surface area contributed by atoms with E-state index in [9.17, 15) is 0 Å². The van der Waals surface area contributed by atoms with Crippen LogP contribution in [0.3, 0.4) is 0 Å². The van der Waals surface area contributed by atoms with Crippen LogP contribution in [0.4, 0.5) is 0 Å². The van der Waals surface area contributed by atoms with Gasteiger partial charge in [-0.05, 0) is 30.1 Å². The van der Waals surface area contributed by atoms with Crippen molar-refractivity contribution in [3.8, 4) is 0 Å². The fraction of sp³-hybridized carbons (Fsp3) is 0.375. The van der Waals surface area contributed by atoms with Crippen molar-refractivity contribution in [3.05, 3.63) is 53.2 Å². The van der Waals surface area contributed by atoms with Crippen LogP contribution in [0.2, 0.25) is 0 Å². The van der Waals surface area contributed by atoms with Gasteiger partial charge in [0.15, 0.2) is 0 Å². The van der Waals surface area contributed by atoms with Gasteiger partial charge in [0, 0.05) is 18.8 Å². The Bertz CT molecular complexity index is 455. The first-order valence-corrected chi connectivity index (χ1v) is 6.72. The first-order chi connectivity index (χ1) is 8.93. The highest BCUT2D eigenvalue weighted by atomic mass is 16.5. The molecule has 1 aliphatic carbocycles. The average molecular weight is 241 g/mol. The van der Waals surface area contributed by atoms with Gasteiger partial charge in [-0.1, -0.05) is 36.4 Å². The molecule has 0 atom stereocenters. The molecule has 1 fully saturated rings. The molecule has 0 radical (unpaired) electrons. The summed E-state index contributed by atoms with van der Waals surface area (Å²) in [5, 5.41) is 0. The summed E-state index contributed by atoms with van der Waals surface area (Å²) in [6.07, 6.45) is 7.04. The molecule has 18 heavy (non-hydrogen) atoms. The standard InChI is InChI=1S/C16H19NO/c1-2-5-14(6-3-1)13-15-7-4-8-16(15)17-9-11-18-12-10-17/h1-3,5-6,8,13H,4,7,9-12H2/b15-13+. The number of nitrogens with zero attached hydrogens (tertiary/aromatic N) is 1. The van der Waals surface area contributed by atoms with E-state index in [1.165, 1.54) is 29.7 Å². The van der Waals surface area contributed by atoms with Crippen molar-refractivity contribution in [1.82, 2.24) is 4.90 Å². The van der Waals surface area contributed by atoms with E-state index >= 15 is 0 Å². The molecule has 0 amide bonds. The number of ether oxygens (including phenoxy) is 1. The lowest BCUT2D eigenvalue weighted by Gasteiger charge is -2.30. The number of benzene rings is 1. The van der Waals surface area contributed by atoms with Crippen molar-refractivity contribution in [3.63, 3.8) is 0 Å². The Kier molecular flexibility index (Phi) is 3.47. The summed E-state index contributed by atoms with van der Waals surface area (Å²) in [6.45, 7) is 3.77. The second kappa shape index (κ2) is 5.40. The average Bonchev–Trinajstić information content (AvgIpc) is 2.89. The number of allylic oxidation sites excluding steroid dienone is 2. The SMILES string of the molecule is C1=C(N2CCOCC2)/C(=C/c2ccccc2)CC1. The summed E-state index contributed by atoms with van der Waals surface area (Å²) in [5.74, 6) is 0. The Balaban J connectivity index is 1.80. The van der Waals surface area contributed by atoms with Crippen molar-refractivity contribution < 1.29 is 4.74 Å². The third kappa shape index (κ3) is 2.49. The number of rotatable bonds is 2. The van der Waals surface area contributed by atoms with E-state index in [2.05, 4.69) is 47.4 Å². The predicted molar refractivity (Wildman–Crippen MR) is 74.1 cm³/mol. The van der Waals surface area contributed by atoms with Gasteiger partial charge in [0.2, 0.25) is 0 Å². The maximum absolute atomic E-state index is 5.42. The van der Waals surface area contributed by atoms with E-state index < -0.39 is 0 Å². The van der Waals surface area contributed by atoms with Gasteiger partial charge in [-0.25, -0.2) is 0 Å². The zero-order valence-electron chi connectivity index (χ0n) is 10.6. The number of morpholine rings is 1. The lowest BCUT2D eigenvalue weighted by molar-refractivity contribution is 0.0550. The van der Waals surface area contributed by atoms with Gasteiger partial charge in [-0.3, -0.25) is 0 Å². The van der Waals surface area contributed by atoms with E-state index in [1.54, 1.807) is 0 Å². The molecule has 2 heteroatoms. The molecule has 2 aliphatic rings. The fourth-order valence-corrected chi connectivity index (χ4v) is 2.66. The van der Waals surface area contributed by atoms with Gasteiger partial charge in [0.25, 0.3) is 0 Å². The number of hydrogen-bond donors (Lipinski definition) is 0. The van der Waals surface area contributed by atoms with Crippen molar-refractivity contribution >= 4 is 6.08 Å². The van der Waals surface area contributed by atoms with Crippen LogP contribution < -0.4 is 0 Å². The molecule has 0 aromatic heterocycles. The monoisotopic (exact) mass is 241 g/mol. The maximum Gasteiger partial charge on any atom is 0.0642 e. The van der Waals surface area contributed by atoms with Crippen LogP contribution in [0.1, 0.15) is 18.4 Å². The van der Waals surface area contributed by atoms with Crippen molar-refractivity contribution in [2.24, 2.45) is 0 Å². The second-order valence-electron chi connectivity index (χ2n) is 4.81. The lowest BCUT2D eigenvalue weighted by atomic mass is 10.1. The first kappa shape index (κ1) is 11.5. The minimum atomic E-state index is 0.857. The first-order valence-electron chi connectivity index (χ1n) is 6.72. The van der Waals surface area contributed by atoms with E-state index in [4.69, 9.17) is 4.74 Å². The molecule has 1 aliphatic heterocycles. The van der Waals surface area contributed by atoms with Crippen LogP contribution in [0.25, 0.3) is 6.08 Å². The van der Waals surface area contributed by atoms with Crippen LogP contribution in [-0.4, -0.2) is 31.2 Å². The molecule has 3 rings (SSSR count). The van der Waals surface area contributed by atoms with E-state index in [1.807, 2.05) is 0 Å². The summed E-state index contributed by atoms with van der Waals surface area (Å²) in [5.41, 5.74) is 4.21. The number of hydrogen-bond acceptors (Lipinski definition) is 2. The Morgan fingerprint density at radius 3 is 2.61 bits per heavy atom. The molecular weight excluding hydrogens is 222 g/mol. The smallest absolute Gasteiger partial charge is 0.0642 e. The molecular formula is C16H19NO. The Labute approximate surface area is 109 Å². The van der Waals surface area contributed by atoms with Crippen LogP contribution >= 0.6 is 0 Å². The van der Waals surface area contributed by atoms with Gasteiger partial charge in [0.1, 0.15) is 0 Å². The summed E-state index contributed by atoms with van der Waals surface area (Å²) in [4.78, 5) is 2.46. The molecule has 0 unspecified atom stereocenters. The summed E-state index contributed by atoms with van der Waals surface area (Å²) < 4.78 is 5.42. The fourth-order valence-electron chi connectivity index (χ4n) is 2.66. The highest BCUT2D eigenvalue weighted by Crippen LogP contribution is 2.30. The second-order valence-corrected chi connectivity index (χ2v) is 4.81. The molecule has 1 heterocycles. The van der Waals surface area contributed by atoms with Crippen molar-refractivity contribution in [2.45, 2.75) is 12.8 Å². The molecule has 0 bridgehead atoms. The van der Waals surface area contributed by atoms with Crippen LogP contribution in [0.5, 0.6) is 0 Å². The zero-order chi connectivity index (χ0) is 12.2. The molecule has 1 aromatic carbocycles. The van der Waals surface area contributed by atoms with Crippen LogP contribution in [0, 0.1) is 0 Å². The third-order valence-electron chi connectivity index (χ3n) is 3.57. The zero-order valence-corrected chi connectivity index (χ0v) is 10.6. The van der Waals surface area contributed by atoms with Crippen molar-refractivity contribution in [2.75, 3.05) is 26.3 Å². The topological polar surface area (TPSA) is 12.5 Å². The van der Waals surface area contributed by atoms with E-state index in [-0.39, 0.29) is 0 Å². The van der Waals surface area contributed by atoms with Gasteiger partial charge >= 0.3 is 0 Å². The normalized spacial score (nSPS) is 22.3. The molecule has 0 N–H and O–H groups in total. The quantitative estimate of drug-likeness (QED) is 0.789. The lowest BCUT2D eigenvalue weighted by Crippen LogP contribution is -2.35. The van der Waals surface area contributed by atoms with Gasteiger partial charge in [-0.15, -0.1) is 0 Å². The van der Waals surface area contributed by atoms with E-state index in [0.29, 0.717) is 0 Å². The Hall–Kier alpha value is -1.54. The molecule has 1 saturated heterocycles. The maximum atomic E-state index is 5.42. The summed E-state index contributed by atoms with van der Waals surface area (Å²) >= 11 is 0. The summed E-state index contributed by atoms with van der Waals surface area (Å²) in [7, 11) is 0. The van der Waals surface area contributed by atoms with Crippen LogP contribution in [-0.2, 0) is 4.74 Å². The minimum absolute atomic E-state index is 0.857. The summed E-state index contributed by atoms with van der Waals surface area (Å²) in [6, 6.07) is 10.6. The Morgan fingerprint density at radius 1 is 1.06 bits per heavy atom. The van der Waals surface area contributed by atoms with Crippen LogP contribution in [0.15, 0.2) is 47.7 Å². The highest BCUT2D eigenvalue weighted by Gasteiger charge is 2.19.